The molecule has 2 amide bonds. The highest BCUT2D eigenvalue weighted by Gasteiger charge is 2.26. The third kappa shape index (κ3) is 6.68. The van der Waals surface area contributed by atoms with Crippen molar-refractivity contribution in [2.45, 2.75) is 46.7 Å². The van der Waals surface area contributed by atoms with E-state index in [4.69, 9.17) is 11.6 Å². The van der Waals surface area contributed by atoms with Gasteiger partial charge in [-0.2, -0.15) is 0 Å². The van der Waals surface area contributed by atoms with E-state index in [0.717, 1.165) is 16.7 Å². The van der Waals surface area contributed by atoms with Crippen LogP contribution in [0.3, 0.4) is 0 Å². The molecular formula is C23H29ClN2O2. The smallest absolute Gasteiger partial charge is 0.242 e. The van der Waals surface area contributed by atoms with Gasteiger partial charge in [0.05, 0.1) is 6.42 Å². The molecule has 1 N–H and O–H groups in total. The molecule has 0 radical (unpaired) electrons. The van der Waals surface area contributed by atoms with E-state index >= 15 is 0 Å². The first kappa shape index (κ1) is 22.0. The number of hydrogen-bond acceptors (Lipinski definition) is 2. The van der Waals surface area contributed by atoms with E-state index in [2.05, 4.69) is 5.32 Å². The van der Waals surface area contributed by atoms with Gasteiger partial charge in [0.2, 0.25) is 11.8 Å². The molecule has 0 aromatic heterocycles. The Hall–Kier alpha value is -2.33. The number of amides is 2. The molecule has 0 heterocycles. The second-order valence-corrected chi connectivity index (χ2v) is 8.07. The second-order valence-electron chi connectivity index (χ2n) is 7.63. The maximum atomic E-state index is 13.1. The molecule has 5 heteroatoms. The van der Waals surface area contributed by atoms with Crippen molar-refractivity contribution in [2.24, 2.45) is 5.92 Å². The molecular weight excluding hydrogens is 372 g/mol. The molecule has 150 valence electrons. The molecule has 0 aliphatic carbocycles. The summed E-state index contributed by atoms with van der Waals surface area (Å²) in [6.45, 7) is 8.85. The lowest BCUT2D eigenvalue weighted by molar-refractivity contribution is -0.140. The van der Waals surface area contributed by atoms with Crippen LogP contribution >= 0.6 is 11.6 Å². The average molecular weight is 401 g/mol. The van der Waals surface area contributed by atoms with Crippen LogP contribution in [0.5, 0.6) is 0 Å². The molecule has 0 saturated carbocycles. The fourth-order valence-corrected chi connectivity index (χ4v) is 3.06. The number of nitrogens with one attached hydrogen (secondary N) is 1. The van der Waals surface area contributed by atoms with Crippen LogP contribution in [0, 0.1) is 12.8 Å². The highest BCUT2D eigenvalue weighted by molar-refractivity contribution is 6.30. The number of carbonyl (C=O) groups excluding carboxylic acids is 2. The van der Waals surface area contributed by atoms with Crippen LogP contribution in [0.25, 0.3) is 0 Å². The van der Waals surface area contributed by atoms with Crippen LogP contribution in [0.15, 0.2) is 48.5 Å². The molecule has 2 aromatic carbocycles. The summed E-state index contributed by atoms with van der Waals surface area (Å²) in [6, 6.07) is 14.7. The van der Waals surface area contributed by atoms with Gasteiger partial charge in [-0.3, -0.25) is 9.59 Å². The van der Waals surface area contributed by atoms with Crippen molar-refractivity contribution in [3.8, 4) is 0 Å². The Balaban J connectivity index is 2.19. The Morgan fingerprint density at radius 3 is 2.32 bits per heavy atom. The standard InChI is InChI=1S/C23H29ClN2O2/c1-16(2)14-25-23(28)18(4)26(15-19-10-8-17(3)9-11-19)22(27)13-20-6-5-7-21(24)12-20/h5-12,16,18H,13-15H2,1-4H3,(H,25,28). The molecule has 0 saturated heterocycles. The molecule has 0 aliphatic heterocycles. The van der Waals surface area contributed by atoms with Crippen molar-refractivity contribution in [1.82, 2.24) is 10.2 Å². The summed E-state index contributed by atoms with van der Waals surface area (Å²) in [4.78, 5) is 27.3. The zero-order chi connectivity index (χ0) is 20.7. The monoisotopic (exact) mass is 400 g/mol. The van der Waals surface area contributed by atoms with E-state index in [1.807, 2.05) is 57.2 Å². The lowest BCUT2D eigenvalue weighted by Gasteiger charge is -2.29. The van der Waals surface area contributed by atoms with Gasteiger partial charge in [-0.05, 0) is 43.0 Å². The predicted molar refractivity (Wildman–Crippen MR) is 114 cm³/mol. The Bertz CT molecular complexity index is 803. The molecule has 0 fully saturated rings. The summed E-state index contributed by atoms with van der Waals surface area (Å²) < 4.78 is 0. The van der Waals surface area contributed by atoms with Crippen molar-refractivity contribution >= 4 is 23.4 Å². The first-order valence-electron chi connectivity index (χ1n) is 9.63. The fraction of sp³-hybridized carbons (Fsp3) is 0.391. The molecule has 0 spiro atoms. The molecule has 1 atom stereocenters. The Labute approximate surface area is 172 Å². The van der Waals surface area contributed by atoms with E-state index in [-0.39, 0.29) is 18.2 Å². The topological polar surface area (TPSA) is 49.4 Å². The van der Waals surface area contributed by atoms with Crippen molar-refractivity contribution in [3.05, 3.63) is 70.2 Å². The summed E-state index contributed by atoms with van der Waals surface area (Å²) >= 11 is 6.05. The minimum atomic E-state index is -0.563. The number of carbonyl (C=O) groups is 2. The van der Waals surface area contributed by atoms with Crippen LogP contribution in [0.2, 0.25) is 5.02 Å². The summed E-state index contributed by atoms with van der Waals surface area (Å²) in [5.74, 6) is 0.110. The number of hydrogen-bond donors (Lipinski definition) is 1. The van der Waals surface area contributed by atoms with E-state index in [1.165, 1.54) is 0 Å². The van der Waals surface area contributed by atoms with Crippen molar-refractivity contribution in [3.63, 3.8) is 0 Å². The van der Waals surface area contributed by atoms with Crippen molar-refractivity contribution in [2.75, 3.05) is 6.54 Å². The van der Waals surface area contributed by atoms with Gasteiger partial charge < -0.3 is 10.2 Å². The number of nitrogens with zero attached hydrogens (tertiary/aromatic N) is 1. The zero-order valence-electron chi connectivity index (χ0n) is 17.0. The maximum absolute atomic E-state index is 13.1. The summed E-state index contributed by atoms with van der Waals surface area (Å²) in [7, 11) is 0. The minimum absolute atomic E-state index is 0.102. The van der Waals surface area contributed by atoms with Crippen LogP contribution in [-0.4, -0.2) is 29.3 Å². The van der Waals surface area contributed by atoms with E-state index in [9.17, 15) is 9.59 Å². The quantitative estimate of drug-likeness (QED) is 0.714. The van der Waals surface area contributed by atoms with Crippen LogP contribution in [0.4, 0.5) is 0 Å². The first-order chi connectivity index (χ1) is 13.3. The zero-order valence-corrected chi connectivity index (χ0v) is 17.8. The second kappa shape index (κ2) is 10.3. The van der Waals surface area contributed by atoms with Crippen LogP contribution in [-0.2, 0) is 22.6 Å². The molecule has 2 aromatic rings. The minimum Gasteiger partial charge on any atom is -0.354 e. The van der Waals surface area contributed by atoms with E-state index < -0.39 is 6.04 Å². The van der Waals surface area contributed by atoms with Gasteiger partial charge in [0.1, 0.15) is 6.04 Å². The number of aryl methyl sites for hydroxylation is 1. The Morgan fingerprint density at radius 1 is 1.04 bits per heavy atom. The Morgan fingerprint density at radius 2 is 1.71 bits per heavy atom. The summed E-state index contributed by atoms with van der Waals surface area (Å²) in [5.41, 5.74) is 2.98. The lowest BCUT2D eigenvalue weighted by atomic mass is 10.1. The van der Waals surface area contributed by atoms with Crippen LogP contribution in [0.1, 0.15) is 37.5 Å². The average Bonchev–Trinajstić information content (AvgIpc) is 2.65. The summed E-state index contributed by atoms with van der Waals surface area (Å²) in [6.07, 6.45) is 0.203. The summed E-state index contributed by atoms with van der Waals surface area (Å²) in [5, 5.41) is 3.53. The van der Waals surface area contributed by atoms with Gasteiger partial charge in [0, 0.05) is 18.1 Å². The molecule has 0 aliphatic rings. The van der Waals surface area contributed by atoms with Gasteiger partial charge in [-0.1, -0.05) is 67.4 Å². The number of rotatable bonds is 8. The SMILES string of the molecule is Cc1ccc(CN(C(=O)Cc2cccc(Cl)c2)C(C)C(=O)NCC(C)C)cc1. The van der Waals surface area contributed by atoms with Gasteiger partial charge in [0.25, 0.3) is 0 Å². The Kier molecular flexibility index (Phi) is 8.06. The van der Waals surface area contributed by atoms with Gasteiger partial charge in [-0.15, -0.1) is 0 Å². The van der Waals surface area contributed by atoms with E-state index in [1.54, 1.807) is 24.0 Å². The predicted octanol–water partition coefficient (Wildman–Crippen LogP) is 4.38. The van der Waals surface area contributed by atoms with E-state index in [0.29, 0.717) is 24.0 Å². The molecule has 1 unspecified atom stereocenters. The fourth-order valence-electron chi connectivity index (χ4n) is 2.85. The first-order valence-corrected chi connectivity index (χ1v) is 10.0. The highest BCUT2D eigenvalue weighted by Crippen LogP contribution is 2.16. The van der Waals surface area contributed by atoms with Crippen molar-refractivity contribution in [1.29, 1.82) is 0 Å². The number of halogens is 1. The largest absolute Gasteiger partial charge is 0.354 e. The molecule has 28 heavy (non-hydrogen) atoms. The molecule has 0 bridgehead atoms. The van der Waals surface area contributed by atoms with Gasteiger partial charge >= 0.3 is 0 Å². The normalized spacial score (nSPS) is 11.9. The highest BCUT2D eigenvalue weighted by atomic mass is 35.5. The van der Waals surface area contributed by atoms with Crippen molar-refractivity contribution < 1.29 is 9.59 Å². The number of benzene rings is 2. The third-order valence-corrected chi connectivity index (χ3v) is 4.80. The third-order valence-electron chi connectivity index (χ3n) is 4.57. The lowest BCUT2D eigenvalue weighted by Crippen LogP contribution is -2.48. The van der Waals surface area contributed by atoms with Crippen LogP contribution < -0.4 is 5.32 Å². The molecule has 2 rings (SSSR count). The van der Waals surface area contributed by atoms with Gasteiger partial charge in [-0.25, -0.2) is 0 Å². The van der Waals surface area contributed by atoms with Gasteiger partial charge in [0.15, 0.2) is 0 Å². The maximum Gasteiger partial charge on any atom is 0.242 e. The molecule has 4 nitrogen and oxygen atoms in total.